The predicted molar refractivity (Wildman–Crippen MR) is 103 cm³/mol. The van der Waals surface area contributed by atoms with Crippen LogP contribution in [-0.2, 0) is 22.9 Å². The molecule has 0 unspecified atom stereocenters. The third-order valence-electron chi connectivity index (χ3n) is 5.05. The standard InChI is InChI=1S/C19H19BrN2O3S/c20-18-17-16(13-26(18,24)25)21(11-14-7-3-1-4-8-14)19(23)22(17)12-15-9-5-2-6-10-15/h1-10,16-18H,11-13H2/t16-,17+,18+/m1/s1. The van der Waals surface area contributed by atoms with E-state index in [4.69, 9.17) is 0 Å². The first kappa shape index (κ1) is 17.5. The number of urea groups is 1. The maximum atomic E-state index is 13.1. The summed E-state index contributed by atoms with van der Waals surface area (Å²) in [6, 6.07) is 18.5. The van der Waals surface area contributed by atoms with E-state index in [0.29, 0.717) is 13.1 Å². The molecule has 136 valence electrons. The number of alkyl halides is 1. The van der Waals surface area contributed by atoms with E-state index >= 15 is 0 Å². The second-order valence-electron chi connectivity index (χ2n) is 6.75. The molecule has 2 saturated heterocycles. The van der Waals surface area contributed by atoms with Crippen molar-refractivity contribution >= 4 is 31.8 Å². The van der Waals surface area contributed by atoms with E-state index in [2.05, 4.69) is 15.9 Å². The zero-order valence-electron chi connectivity index (χ0n) is 14.0. The van der Waals surface area contributed by atoms with E-state index < -0.39 is 14.0 Å². The Bertz CT molecular complexity index is 905. The third kappa shape index (κ3) is 3.03. The number of halogens is 1. The molecule has 2 aliphatic rings. The van der Waals surface area contributed by atoms with Gasteiger partial charge in [0.25, 0.3) is 0 Å². The summed E-state index contributed by atoms with van der Waals surface area (Å²) in [7, 11) is -3.28. The fourth-order valence-electron chi connectivity index (χ4n) is 3.79. The lowest BCUT2D eigenvalue weighted by atomic mass is 10.1. The van der Waals surface area contributed by atoms with Crippen LogP contribution in [-0.4, -0.2) is 46.2 Å². The Morgan fingerprint density at radius 1 is 0.885 bits per heavy atom. The molecule has 2 amide bonds. The van der Waals surface area contributed by atoms with Gasteiger partial charge in [0.05, 0.1) is 17.8 Å². The smallest absolute Gasteiger partial charge is 0.314 e. The molecule has 2 aliphatic heterocycles. The normalized spacial score (nSPS) is 27.0. The molecule has 2 heterocycles. The van der Waals surface area contributed by atoms with E-state index in [0.717, 1.165) is 11.1 Å². The average molecular weight is 435 g/mol. The van der Waals surface area contributed by atoms with Crippen LogP contribution in [0.3, 0.4) is 0 Å². The summed E-state index contributed by atoms with van der Waals surface area (Å²) in [5.41, 5.74) is 1.99. The topological polar surface area (TPSA) is 57.7 Å². The summed E-state index contributed by atoms with van der Waals surface area (Å²) < 4.78 is 24.2. The largest absolute Gasteiger partial charge is 0.321 e. The molecule has 26 heavy (non-hydrogen) atoms. The van der Waals surface area contributed by atoms with Crippen LogP contribution < -0.4 is 0 Å². The van der Waals surface area contributed by atoms with Gasteiger partial charge in [-0.15, -0.1) is 0 Å². The number of benzene rings is 2. The lowest BCUT2D eigenvalue weighted by Crippen LogP contribution is -2.39. The van der Waals surface area contributed by atoms with Crippen molar-refractivity contribution in [3.63, 3.8) is 0 Å². The van der Waals surface area contributed by atoms with Gasteiger partial charge in [-0.05, 0) is 11.1 Å². The third-order valence-corrected chi connectivity index (χ3v) is 9.07. The molecule has 5 nitrogen and oxygen atoms in total. The van der Waals surface area contributed by atoms with Crippen molar-refractivity contribution in [2.45, 2.75) is 29.3 Å². The Morgan fingerprint density at radius 2 is 1.38 bits per heavy atom. The predicted octanol–water partition coefficient (Wildman–Crippen LogP) is 3.01. The first-order valence-corrected chi connectivity index (χ1v) is 11.1. The van der Waals surface area contributed by atoms with Crippen molar-refractivity contribution in [1.82, 2.24) is 9.80 Å². The van der Waals surface area contributed by atoms with Crippen LogP contribution in [0.1, 0.15) is 11.1 Å². The Balaban J connectivity index is 1.67. The van der Waals surface area contributed by atoms with Gasteiger partial charge in [-0.3, -0.25) is 0 Å². The van der Waals surface area contributed by atoms with Gasteiger partial charge >= 0.3 is 6.03 Å². The highest BCUT2D eigenvalue weighted by atomic mass is 79.9. The van der Waals surface area contributed by atoms with E-state index in [1.54, 1.807) is 9.80 Å². The number of carbonyl (C=O) groups excluding carboxylic acids is 1. The molecule has 7 heteroatoms. The van der Waals surface area contributed by atoms with Gasteiger partial charge in [-0.2, -0.15) is 0 Å². The van der Waals surface area contributed by atoms with Crippen LogP contribution in [0.15, 0.2) is 60.7 Å². The van der Waals surface area contributed by atoms with Crippen molar-refractivity contribution in [2.75, 3.05) is 5.75 Å². The van der Waals surface area contributed by atoms with Gasteiger partial charge in [-0.25, -0.2) is 13.2 Å². The average Bonchev–Trinajstić information content (AvgIpc) is 3.02. The quantitative estimate of drug-likeness (QED) is 0.548. The van der Waals surface area contributed by atoms with Crippen molar-refractivity contribution < 1.29 is 13.2 Å². The van der Waals surface area contributed by atoms with Crippen LogP contribution in [0, 0.1) is 0 Å². The first-order chi connectivity index (χ1) is 12.5. The molecule has 4 rings (SSSR count). The summed E-state index contributed by atoms with van der Waals surface area (Å²) in [5.74, 6) is -0.00253. The van der Waals surface area contributed by atoms with Crippen LogP contribution in [0.2, 0.25) is 0 Å². The number of sulfone groups is 1. The highest BCUT2D eigenvalue weighted by Crippen LogP contribution is 2.40. The fourth-order valence-corrected chi connectivity index (χ4v) is 6.68. The number of amides is 2. The lowest BCUT2D eigenvalue weighted by Gasteiger charge is -2.24. The van der Waals surface area contributed by atoms with Crippen molar-refractivity contribution in [1.29, 1.82) is 0 Å². The number of hydrogen-bond donors (Lipinski definition) is 0. The van der Waals surface area contributed by atoms with E-state index in [9.17, 15) is 13.2 Å². The minimum absolute atomic E-state index is 0.00253. The molecule has 2 aromatic carbocycles. The molecule has 0 saturated carbocycles. The fraction of sp³-hybridized carbons (Fsp3) is 0.316. The highest BCUT2D eigenvalue weighted by Gasteiger charge is 2.58. The van der Waals surface area contributed by atoms with Gasteiger partial charge in [0, 0.05) is 13.1 Å². The number of hydrogen-bond acceptors (Lipinski definition) is 3. The van der Waals surface area contributed by atoms with Gasteiger partial charge < -0.3 is 9.80 Å². The first-order valence-electron chi connectivity index (χ1n) is 8.48. The summed E-state index contributed by atoms with van der Waals surface area (Å²) in [6.07, 6.45) is 0. The highest BCUT2D eigenvalue weighted by molar-refractivity contribution is 9.11. The molecular weight excluding hydrogens is 416 g/mol. The molecule has 0 aromatic heterocycles. The van der Waals surface area contributed by atoms with Gasteiger partial charge in [-0.1, -0.05) is 76.6 Å². The van der Waals surface area contributed by atoms with Crippen LogP contribution in [0.25, 0.3) is 0 Å². The molecule has 0 spiro atoms. The lowest BCUT2D eigenvalue weighted by molar-refractivity contribution is 0.181. The SMILES string of the molecule is O=C1N(Cc2ccccc2)[C@H]2[C@@H](CS(=O)(=O)[C@@H]2Br)N1Cc1ccccc1. The Morgan fingerprint density at radius 3 is 1.92 bits per heavy atom. The minimum Gasteiger partial charge on any atom is -0.314 e. The molecular formula is C19H19BrN2O3S. The minimum atomic E-state index is -3.28. The maximum absolute atomic E-state index is 13.1. The molecule has 0 radical (unpaired) electrons. The van der Waals surface area contributed by atoms with Gasteiger partial charge in [0.1, 0.15) is 4.16 Å². The monoisotopic (exact) mass is 434 g/mol. The van der Waals surface area contributed by atoms with Crippen LogP contribution in [0.4, 0.5) is 4.79 Å². The Kier molecular flexibility index (Phi) is 4.52. The van der Waals surface area contributed by atoms with E-state index in [1.165, 1.54) is 0 Å². The molecule has 0 N–H and O–H groups in total. The van der Waals surface area contributed by atoms with Crippen molar-refractivity contribution in [3.8, 4) is 0 Å². The van der Waals surface area contributed by atoms with Crippen LogP contribution in [0.5, 0.6) is 0 Å². The van der Waals surface area contributed by atoms with Crippen molar-refractivity contribution in [3.05, 3.63) is 71.8 Å². The van der Waals surface area contributed by atoms with Crippen LogP contribution >= 0.6 is 15.9 Å². The molecule has 0 bridgehead atoms. The number of fused-ring (bicyclic) bond motifs is 1. The maximum Gasteiger partial charge on any atom is 0.321 e. The number of carbonyl (C=O) groups is 1. The Hall–Kier alpha value is -1.86. The summed E-state index contributed by atoms with van der Waals surface area (Å²) in [5, 5.41) is 0. The second kappa shape index (κ2) is 6.70. The summed E-state index contributed by atoms with van der Waals surface area (Å²) in [4.78, 5) is 16.5. The summed E-state index contributed by atoms with van der Waals surface area (Å²) in [6.45, 7) is 0.825. The van der Waals surface area contributed by atoms with E-state index in [1.807, 2.05) is 60.7 Å². The zero-order valence-corrected chi connectivity index (χ0v) is 16.4. The summed E-state index contributed by atoms with van der Waals surface area (Å²) >= 11 is 3.35. The van der Waals surface area contributed by atoms with Crippen molar-refractivity contribution in [2.24, 2.45) is 0 Å². The Labute approximate surface area is 161 Å². The zero-order chi connectivity index (χ0) is 18.3. The van der Waals surface area contributed by atoms with Gasteiger partial charge in [0.2, 0.25) is 0 Å². The molecule has 2 fully saturated rings. The molecule has 3 atom stereocenters. The molecule has 0 aliphatic carbocycles. The van der Waals surface area contributed by atoms with Gasteiger partial charge in [0.15, 0.2) is 9.84 Å². The molecule has 2 aromatic rings. The number of nitrogens with zero attached hydrogens (tertiary/aromatic N) is 2. The second-order valence-corrected chi connectivity index (χ2v) is 10.5. The van der Waals surface area contributed by atoms with E-state index in [-0.39, 0.29) is 23.9 Å². The number of rotatable bonds is 4.